The van der Waals surface area contributed by atoms with Crippen molar-refractivity contribution in [1.82, 2.24) is 24.4 Å². The quantitative estimate of drug-likeness (QED) is 0.630. The summed E-state index contributed by atoms with van der Waals surface area (Å²) in [7, 11) is 0. The van der Waals surface area contributed by atoms with Crippen molar-refractivity contribution in [2.75, 3.05) is 18.8 Å². The van der Waals surface area contributed by atoms with E-state index in [1.807, 2.05) is 4.90 Å². The molecular weight excluding hydrogens is 284 g/mol. The topological polar surface area (TPSA) is 102 Å². The lowest BCUT2D eigenvalue weighted by atomic mass is 10.3. The lowest BCUT2D eigenvalue weighted by molar-refractivity contribution is 0.0597. The number of aromatic nitrogens is 4. The number of imidazole rings is 1. The van der Waals surface area contributed by atoms with Crippen LogP contribution in [0.25, 0.3) is 11.2 Å². The van der Waals surface area contributed by atoms with E-state index in [4.69, 9.17) is 22.1 Å². The summed E-state index contributed by atoms with van der Waals surface area (Å²) < 4.78 is 7.46. The number of hydrogen-bond donors (Lipinski definition) is 2. The largest absolute Gasteiger partial charge is 0.507 e. The van der Waals surface area contributed by atoms with E-state index in [0.717, 1.165) is 13.1 Å². The Labute approximate surface area is 118 Å². The monoisotopic (exact) mass is 294 g/mol. The number of hydrogen-bond acceptors (Lipinski definition) is 7. The molecule has 3 N–H and O–H groups in total. The fourth-order valence-corrected chi connectivity index (χ4v) is 2.45. The summed E-state index contributed by atoms with van der Waals surface area (Å²) in [6.45, 7) is 1.80. The molecule has 9 heteroatoms. The molecular formula is C11H11ClN6O2. The first-order chi connectivity index (χ1) is 9.63. The Morgan fingerprint density at radius 2 is 2.20 bits per heavy atom. The van der Waals surface area contributed by atoms with Gasteiger partial charge in [0.25, 0.3) is 0 Å². The minimum absolute atomic E-state index is 0.0538. The zero-order valence-corrected chi connectivity index (χ0v) is 11.1. The standard InChI is InChI=1S/C11H11ClN6O2/c12-11-15-8(13)7-9(16-11)18(4-14-7)6-3-5(19)10(20-6)17-1-2-17/h4,6,19H,1-3H2,(H2,13,15,16)/t6-/m1/s1. The van der Waals surface area contributed by atoms with Crippen LogP contribution in [0.4, 0.5) is 5.82 Å². The van der Waals surface area contributed by atoms with E-state index in [1.165, 1.54) is 0 Å². The Morgan fingerprint density at radius 1 is 1.40 bits per heavy atom. The number of nitrogens with two attached hydrogens (primary N) is 1. The van der Waals surface area contributed by atoms with Gasteiger partial charge in [0.05, 0.1) is 6.42 Å². The summed E-state index contributed by atoms with van der Waals surface area (Å²) in [6.07, 6.45) is 1.52. The zero-order valence-electron chi connectivity index (χ0n) is 10.3. The van der Waals surface area contributed by atoms with Crippen LogP contribution in [0.3, 0.4) is 0 Å². The number of nitrogen functional groups attached to an aromatic ring is 1. The molecule has 0 amide bonds. The highest BCUT2D eigenvalue weighted by Gasteiger charge is 2.35. The van der Waals surface area contributed by atoms with Crippen LogP contribution >= 0.6 is 11.6 Å². The molecule has 20 heavy (non-hydrogen) atoms. The average Bonchev–Trinajstić information content (AvgIpc) is 3.03. The summed E-state index contributed by atoms with van der Waals surface area (Å²) in [6, 6.07) is 0. The van der Waals surface area contributed by atoms with Crippen LogP contribution in [0.2, 0.25) is 5.28 Å². The number of fused-ring (bicyclic) bond motifs is 1. The fraction of sp³-hybridized carbons (Fsp3) is 0.364. The Hall–Kier alpha value is -2.22. The maximum Gasteiger partial charge on any atom is 0.230 e. The van der Waals surface area contributed by atoms with Crippen LogP contribution < -0.4 is 5.73 Å². The van der Waals surface area contributed by atoms with E-state index in [1.54, 1.807) is 10.9 Å². The number of ether oxygens (including phenoxy) is 1. The Morgan fingerprint density at radius 3 is 2.95 bits per heavy atom. The molecule has 0 radical (unpaired) electrons. The second kappa shape index (κ2) is 3.89. The van der Waals surface area contributed by atoms with Gasteiger partial charge >= 0.3 is 0 Å². The highest BCUT2D eigenvalue weighted by Crippen LogP contribution is 2.36. The van der Waals surface area contributed by atoms with Crippen molar-refractivity contribution in [2.45, 2.75) is 12.6 Å². The van der Waals surface area contributed by atoms with Gasteiger partial charge in [-0.2, -0.15) is 9.97 Å². The van der Waals surface area contributed by atoms with E-state index >= 15 is 0 Å². The first-order valence-corrected chi connectivity index (χ1v) is 6.50. The molecule has 2 aromatic heterocycles. The molecule has 2 aliphatic heterocycles. The first-order valence-electron chi connectivity index (χ1n) is 6.13. The molecule has 0 spiro atoms. The third kappa shape index (κ3) is 1.64. The molecule has 0 aliphatic carbocycles. The molecule has 8 nitrogen and oxygen atoms in total. The van der Waals surface area contributed by atoms with E-state index in [0.29, 0.717) is 23.5 Å². The van der Waals surface area contributed by atoms with Crippen molar-refractivity contribution < 1.29 is 9.84 Å². The molecule has 1 fully saturated rings. The maximum atomic E-state index is 9.95. The van der Waals surface area contributed by atoms with E-state index < -0.39 is 6.23 Å². The van der Waals surface area contributed by atoms with Gasteiger partial charge in [-0.25, -0.2) is 4.98 Å². The third-order valence-electron chi connectivity index (χ3n) is 3.33. The van der Waals surface area contributed by atoms with E-state index in [9.17, 15) is 5.11 Å². The minimum atomic E-state index is -0.402. The molecule has 0 bridgehead atoms. The molecule has 1 saturated heterocycles. The number of aliphatic hydroxyl groups is 1. The van der Waals surface area contributed by atoms with Gasteiger partial charge in [0, 0.05) is 13.1 Å². The van der Waals surface area contributed by atoms with Crippen LogP contribution in [-0.4, -0.2) is 42.6 Å². The molecule has 4 rings (SSSR count). The van der Waals surface area contributed by atoms with Crippen LogP contribution in [0.1, 0.15) is 12.6 Å². The van der Waals surface area contributed by atoms with Crippen LogP contribution in [0.15, 0.2) is 18.0 Å². The van der Waals surface area contributed by atoms with Crippen molar-refractivity contribution >= 4 is 28.6 Å². The first kappa shape index (κ1) is 11.6. The van der Waals surface area contributed by atoms with Crippen molar-refractivity contribution in [1.29, 1.82) is 0 Å². The smallest absolute Gasteiger partial charge is 0.230 e. The van der Waals surface area contributed by atoms with Gasteiger partial charge in [-0.05, 0) is 11.6 Å². The molecule has 0 saturated carbocycles. The number of nitrogens with zero attached hydrogens (tertiary/aromatic N) is 5. The van der Waals surface area contributed by atoms with Gasteiger partial charge in [0.2, 0.25) is 11.2 Å². The SMILES string of the molecule is Nc1nc(Cl)nc2c1ncn2[C@H]1CC(O)=C(N2CC2)O1. The molecule has 0 aromatic carbocycles. The Kier molecular flexibility index (Phi) is 2.25. The highest BCUT2D eigenvalue weighted by atomic mass is 35.5. The van der Waals surface area contributed by atoms with Crippen LogP contribution in [0, 0.1) is 0 Å². The molecule has 104 valence electrons. The predicted molar refractivity (Wildman–Crippen MR) is 70.7 cm³/mol. The fourth-order valence-electron chi connectivity index (χ4n) is 2.28. The van der Waals surface area contributed by atoms with Crippen molar-refractivity contribution in [3.05, 3.63) is 23.3 Å². The molecule has 4 heterocycles. The highest BCUT2D eigenvalue weighted by molar-refractivity contribution is 6.28. The van der Waals surface area contributed by atoms with E-state index in [-0.39, 0.29) is 16.9 Å². The second-order valence-electron chi connectivity index (χ2n) is 4.72. The third-order valence-corrected chi connectivity index (χ3v) is 3.50. The summed E-state index contributed by atoms with van der Waals surface area (Å²) in [5.74, 6) is 0.993. The zero-order chi connectivity index (χ0) is 13.9. The summed E-state index contributed by atoms with van der Waals surface area (Å²) >= 11 is 5.83. The van der Waals surface area contributed by atoms with Gasteiger partial charge in [-0.3, -0.25) is 4.57 Å². The molecule has 0 unspecified atom stereocenters. The van der Waals surface area contributed by atoms with Crippen molar-refractivity contribution in [3.63, 3.8) is 0 Å². The number of anilines is 1. The maximum absolute atomic E-state index is 9.95. The lowest BCUT2D eigenvalue weighted by Crippen LogP contribution is -2.10. The van der Waals surface area contributed by atoms with Gasteiger partial charge in [0.15, 0.2) is 23.5 Å². The normalized spacial score (nSPS) is 21.6. The minimum Gasteiger partial charge on any atom is -0.507 e. The molecule has 2 aliphatic rings. The average molecular weight is 295 g/mol. The number of rotatable bonds is 2. The summed E-state index contributed by atoms with van der Waals surface area (Å²) in [5.41, 5.74) is 6.72. The van der Waals surface area contributed by atoms with Gasteiger partial charge in [-0.1, -0.05) is 0 Å². The summed E-state index contributed by atoms with van der Waals surface area (Å²) in [5, 5.41) is 10.00. The Bertz CT molecular complexity index is 738. The summed E-state index contributed by atoms with van der Waals surface area (Å²) in [4.78, 5) is 14.1. The number of aliphatic hydroxyl groups excluding tert-OH is 1. The lowest BCUT2D eigenvalue weighted by Gasteiger charge is -2.14. The van der Waals surface area contributed by atoms with Crippen molar-refractivity contribution in [2.24, 2.45) is 0 Å². The van der Waals surface area contributed by atoms with Gasteiger partial charge < -0.3 is 20.5 Å². The van der Waals surface area contributed by atoms with Crippen LogP contribution in [0.5, 0.6) is 0 Å². The second-order valence-corrected chi connectivity index (χ2v) is 5.06. The van der Waals surface area contributed by atoms with Gasteiger partial charge in [0.1, 0.15) is 11.8 Å². The Balaban J connectivity index is 1.73. The molecule has 1 atom stereocenters. The molecule has 2 aromatic rings. The van der Waals surface area contributed by atoms with Crippen LogP contribution in [-0.2, 0) is 4.74 Å². The van der Waals surface area contributed by atoms with E-state index in [2.05, 4.69) is 15.0 Å². The van der Waals surface area contributed by atoms with Crippen molar-refractivity contribution in [3.8, 4) is 0 Å². The number of halogens is 1. The predicted octanol–water partition coefficient (Wildman–Crippen LogP) is 1.02. The van der Waals surface area contributed by atoms with Gasteiger partial charge in [-0.15, -0.1) is 0 Å².